The van der Waals surface area contributed by atoms with Crippen LogP contribution in [-0.2, 0) is 10.0 Å². The van der Waals surface area contributed by atoms with Crippen molar-refractivity contribution in [2.75, 3.05) is 26.2 Å². The molecule has 0 aromatic carbocycles. The Morgan fingerprint density at radius 3 is 2.36 bits per heavy atom. The van der Waals surface area contributed by atoms with Crippen molar-refractivity contribution in [2.24, 2.45) is 16.6 Å². The molecule has 0 bridgehead atoms. The minimum absolute atomic E-state index is 0. The third-order valence-electron chi connectivity index (χ3n) is 3.28. The van der Waals surface area contributed by atoms with E-state index in [1.165, 1.54) is 0 Å². The molecule has 0 spiro atoms. The smallest absolute Gasteiger partial charge is 0.370 e. The maximum Gasteiger partial charge on any atom is 0.511 e. The summed E-state index contributed by atoms with van der Waals surface area (Å²) in [6.07, 6.45) is 1.60. The van der Waals surface area contributed by atoms with Crippen LogP contribution in [0.4, 0.5) is 13.2 Å². The summed E-state index contributed by atoms with van der Waals surface area (Å²) in [5.41, 5.74) is 0.385. The first kappa shape index (κ1) is 21.7. The van der Waals surface area contributed by atoms with Crippen molar-refractivity contribution in [3.8, 4) is 0 Å². The van der Waals surface area contributed by atoms with Crippen LogP contribution >= 0.6 is 24.0 Å². The summed E-state index contributed by atoms with van der Waals surface area (Å²) < 4.78 is 60.2. The summed E-state index contributed by atoms with van der Waals surface area (Å²) >= 11 is 0. The molecular formula is C11H22F3IN4O2S. The molecule has 1 aliphatic heterocycles. The van der Waals surface area contributed by atoms with Gasteiger partial charge in [0.15, 0.2) is 5.96 Å². The van der Waals surface area contributed by atoms with Crippen LogP contribution in [0.15, 0.2) is 4.99 Å². The van der Waals surface area contributed by atoms with Crippen LogP contribution < -0.4 is 11.1 Å². The van der Waals surface area contributed by atoms with E-state index in [0.29, 0.717) is 36.2 Å². The van der Waals surface area contributed by atoms with Crippen LogP contribution in [0.3, 0.4) is 0 Å². The Labute approximate surface area is 145 Å². The number of aliphatic imine (C=N–C) groups is 1. The maximum absolute atomic E-state index is 12.4. The van der Waals surface area contributed by atoms with Crippen LogP contribution in [0.2, 0.25) is 0 Å². The van der Waals surface area contributed by atoms with E-state index in [4.69, 9.17) is 5.73 Å². The van der Waals surface area contributed by atoms with Crippen molar-refractivity contribution in [1.82, 2.24) is 9.62 Å². The molecule has 1 rings (SSSR count). The molecule has 6 nitrogen and oxygen atoms in total. The second kappa shape index (κ2) is 9.11. The molecule has 0 radical (unpaired) electrons. The first-order valence-electron chi connectivity index (χ1n) is 6.78. The fourth-order valence-corrected chi connectivity index (χ4v) is 3.00. The Bertz CT molecular complexity index is 462. The molecule has 0 aromatic rings. The average Bonchev–Trinajstić information content (AvgIpc) is 2.42. The van der Waals surface area contributed by atoms with E-state index < -0.39 is 15.5 Å². The predicted molar refractivity (Wildman–Crippen MR) is 89.5 cm³/mol. The summed E-state index contributed by atoms with van der Waals surface area (Å²) in [4.78, 5) is 4.11. The van der Waals surface area contributed by atoms with E-state index in [1.54, 1.807) is 0 Å². The van der Waals surface area contributed by atoms with Crippen LogP contribution in [0, 0.1) is 5.92 Å². The van der Waals surface area contributed by atoms with Crippen molar-refractivity contribution >= 4 is 40.0 Å². The Hall–Kier alpha value is -0.300. The number of hydrogen-bond acceptors (Lipinski definition) is 3. The zero-order chi connectivity index (χ0) is 16.1. The summed E-state index contributed by atoms with van der Waals surface area (Å²) in [5.74, 6) is 0.355. The van der Waals surface area contributed by atoms with Gasteiger partial charge >= 0.3 is 15.5 Å². The lowest BCUT2D eigenvalue weighted by Gasteiger charge is -2.30. The molecule has 3 N–H and O–H groups in total. The molecule has 0 aromatic heterocycles. The average molecular weight is 458 g/mol. The minimum atomic E-state index is -5.23. The SMILES string of the molecule is CCCNC(N)=NCC1CCN(S(=O)(=O)C(F)(F)F)CC1.I. The van der Waals surface area contributed by atoms with Crippen LogP contribution in [0.1, 0.15) is 26.2 Å². The molecule has 0 atom stereocenters. The van der Waals surface area contributed by atoms with Gasteiger partial charge in [-0.1, -0.05) is 6.92 Å². The third-order valence-corrected chi connectivity index (χ3v) is 4.91. The highest BCUT2D eigenvalue weighted by Gasteiger charge is 2.50. The molecule has 0 unspecified atom stereocenters. The van der Waals surface area contributed by atoms with Gasteiger partial charge < -0.3 is 11.1 Å². The second-order valence-corrected chi connectivity index (χ2v) is 6.88. The van der Waals surface area contributed by atoms with Gasteiger partial charge in [0.05, 0.1) is 0 Å². The molecule has 0 aliphatic carbocycles. The van der Waals surface area contributed by atoms with E-state index in [0.717, 1.165) is 6.42 Å². The maximum atomic E-state index is 12.4. The van der Waals surface area contributed by atoms with Gasteiger partial charge in [0.1, 0.15) is 0 Å². The zero-order valence-electron chi connectivity index (χ0n) is 12.3. The number of piperidine rings is 1. The van der Waals surface area contributed by atoms with E-state index >= 15 is 0 Å². The fourth-order valence-electron chi connectivity index (χ4n) is 2.02. The van der Waals surface area contributed by atoms with Crippen molar-refractivity contribution in [2.45, 2.75) is 31.7 Å². The Morgan fingerprint density at radius 2 is 1.91 bits per heavy atom. The highest BCUT2D eigenvalue weighted by Crippen LogP contribution is 2.30. The van der Waals surface area contributed by atoms with Gasteiger partial charge in [0, 0.05) is 26.2 Å². The molecule has 0 amide bonds. The van der Waals surface area contributed by atoms with Crippen LogP contribution in [0.5, 0.6) is 0 Å². The number of nitrogens with two attached hydrogens (primary N) is 1. The molecule has 132 valence electrons. The summed E-state index contributed by atoms with van der Waals surface area (Å²) in [5, 5.41) is 2.90. The Balaban J connectivity index is 0.00000441. The van der Waals surface area contributed by atoms with Gasteiger partial charge in [-0.15, -0.1) is 24.0 Å². The van der Waals surface area contributed by atoms with Gasteiger partial charge in [-0.2, -0.15) is 17.5 Å². The van der Waals surface area contributed by atoms with Crippen LogP contribution in [0.25, 0.3) is 0 Å². The number of hydrogen-bond donors (Lipinski definition) is 2. The summed E-state index contributed by atoms with van der Waals surface area (Å²) in [6.45, 7) is 2.81. The number of nitrogens with zero attached hydrogens (tertiary/aromatic N) is 2. The zero-order valence-corrected chi connectivity index (χ0v) is 15.4. The van der Waals surface area contributed by atoms with Crippen molar-refractivity contribution in [3.05, 3.63) is 0 Å². The van der Waals surface area contributed by atoms with Crippen LogP contribution in [-0.4, -0.2) is 50.4 Å². The number of alkyl halides is 3. The highest BCUT2D eigenvalue weighted by atomic mass is 127. The van der Waals surface area contributed by atoms with Gasteiger partial charge in [-0.3, -0.25) is 4.99 Å². The molecule has 1 heterocycles. The third kappa shape index (κ3) is 6.07. The molecule has 1 fully saturated rings. The van der Waals surface area contributed by atoms with Crippen molar-refractivity contribution < 1.29 is 21.6 Å². The number of halogens is 4. The second-order valence-electron chi connectivity index (χ2n) is 4.95. The van der Waals surface area contributed by atoms with Gasteiger partial charge in [0.25, 0.3) is 0 Å². The minimum Gasteiger partial charge on any atom is -0.370 e. The molecule has 1 aliphatic rings. The number of rotatable bonds is 5. The van der Waals surface area contributed by atoms with E-state index in [-0.39, 0.29) is 43.0 Å². The standard InChI is InChI=1S/C11H21F3N4O2S.HI/c1-2-5-16-10(15)17-8-9-3-6-18(7-4-9)21(19,20)11(12,13)14;/h9H,2-8H2,1H3,(H3,15,16,17);1H. The predicted octanol–water partition coefficient (Wildman–Crippen LogP) is 1.48. The molecule has 22 heavy (non-hydrogen) atoms. The largest absolute Gasteiger partial charge is 0.511 e. The van der Waals surface area contributed by atoms with E-state index in [9.17, 15) is 21.6 Å². The van der Waals surface area contributed by atoms with Crippen molar-refractivity contribution in [1.29, 1.82) is 0 Å². The topological polar surface area (TPSA) is 87.8 Å². The quantitative estimate of drug-likeness (QED) is 0.371. The molecule has 1 saturated heterocycles. The first-order valence-corrected chi connectivity index (χ1v) is 8.22. The lowest BCUT2D eigenvalue weighted by atomic mass is 9.98. The number of sulfonamides is 1. The molecule has 11 heteroatoms. The Kier molecular flexibility index (Phi) is 8.98. The fraction of sp³-hybridized carbons (Fsp3) is 0.909. The molecular weight excluding hydrogens is 436 g/mol. The van der Waals surface area contributed by atoms with Crippen molar-refractivity contribution in [3.63, 3.8) is 0 Å². The van der Waals surface area contributed by atoms with Gasteiger partial charge in [0.2, 0.25) is 0 Å². The Morgan fingerprint density at radius 1 is 1.36 bits per heavy atom. The summed E-state index contributed by atoms with van der Waals surface area (Å²) in [7, 11) is -5.21. The first-order chi connectivity index (χ1) is 9.68. The number of guanidine groups is 1. The lowest BCUT2D eigenvalue weighted by molar-refractivity contribution is -0.0496. The van der Waals surface area contributed by atoms with Gasteiger partial charge in [-0.05, 0) is 25.2 Å². The number of nitrogens with one attached hydrogen (secondary N) is 1. The van der Waals surface area contributed by atoms with E-state index in [2.05, 4.69) is 10.3 Å². The summed E-state index contributed by atoms with van der Waals surface area (Å²) in [6, 6.07) is 0. The molecule has 0 saturated carbocycles. The van der Waals surface area contributed by atoms with E-state index in [1.807, 2.05) is 6.92 Å². The monoisotopic (exact) mass is 458 g/mol. The highest BCUT2D eigenvalue weighted by molar-refractivity contribution is 14.0. The lowest BCUT2D eigenvalue weighted by Crippen LogP contribution is -2.45. The normalized spacial score (nSPS) is 18.8. The van der Waals surface area contributed by atoms with Gasteiger partial charge in [-0.25, -0.2) is 8.42 Å².